The van der Waals surface area contributed by atoms with Crippen LogP contribution in [0.2, 0.25) is 0 Å². The molecule has 0 unspecified atom stereocenters. The van der Waals surface area contributed by atoms with Crippen molar-refractivity contribution < 1.29 is 0 Å². The molecule has 2 aromatic rings. The minimum Gasteiger partial charge on any atom is -0.262 e. The minimum absolute atomic E-state index is 1.00. The fourth-order valence-corrected chi connectivity index (χ4v) is 1.69. The van der Waals surface area contributed by atoms with Crippen LogP contribution in [0.3, 0.4) is 0 Å². The molecule has 0 saturated heterocycles. The molecule has 0 amide bonds. The summed E-state index contributed by atoms with van der Waals surface area (Å²) in [7, 11) is 0. The van der Waals surface area contributed by atoms with Crippen LogP contribution in [-0.2, 0) is 0 Å². The molecule has 12 heavy (non-hydrogen) atoms. The Morgan fingerprint density at radius 2 is 2.08 bits per heavy atom. The normalized spacial score (nSPS) is 9.25. The van der Waals surface area contributed by atoms with E-state index >= 15 is 0 Å². The zero-order valence-electron chi connectivity index (χ0n) is 7.53. The van der Waals surface area contributed by atoms with Crippen molar-refractivity contribution >= 4 is 21.6 Å². The monoisotopic (exact) mass is 180 g/mol. The molecular weight excluding hydrogens is 168 g/mol. The van der Waals surface area contributed by atoms with E-state index in [2.05, 4.69) is 9.97 Å². The predicted molar refractivity (Wildman–Crippen MR) is 53.5 cm³/mol. The van der Waals surface area contributed by atoms with Gasteiger partial charge >= 0.3 is 0 Å². The summed E-state index contributed by atoms with van der Waals surface area (Å²) in [6, 6.07) is 1.99. The van der Waals surface area contributed by atoms with Crippen molar-refractivity contribution in [3.05, 3.63) is 23.5 Å². The van der Waals surface area contributed by atoms with Crippen molar-refractivity contribution in [2.45, 2.75) is 20.8 Å². The first kappa shape index (κ1) is 9.13. The SMILES string of the molecule is CC.Cc1nc2cnccc2s1. The van der Waals surface area contributed by atoms with E-state index in [9.17, 15) is 0 Å². The van der Waals surface area contributed by atoms with Crippen LogP contribution in [0.15, 0.2) is 18.5 Å². The maximum atomic E-state index is 4.27. The highest BCUT2D eigenvalue weighted by Crippen LogP contribution is 2.18. The Balaban J connectivity index is 0.000000336. The van der Waals surface area contributed by atoms with E-state index in [0.717, 1.165) is 10.5 Å². The molecule has 64 valence electrons. The van der Waals surface area contributed by atoms with Crippen LogP contribution in [0.5, 0.6) is 0 Å². The average Bonchev–Trinajstić information content (AvgIpc) is 2.48. The van der Waals surface area contributed by atoms with E-state index in [-0.39, 0.29) is 0 Å². The van der Waals surface area contributed by atoms with E-state index in [4.69, 9.17) is 0 Å². The van der Waals surface area contributed by atoms with Gasteiger partial charge in [0.15, 0.2) is 0 Å². The van der Waals surface area contributed by atoms with Crippen LogP contribution in [-0.4, -0.2) is 9.97 Å². The second-order valence-corrected chi connectivity index (χ2v) is 3.31. The quantitative estimate of drug-likeness (QED) is 0.622. The average molecular weight is 180 g/mol. The lowest BCUT2D eigenvalue weighted by Crippen LogP contribution is -1.69. The van der Waals surface area contributed by atoms with E-state index in [1.165, 1.54) is 4.70 Å². The molecule has 0 saturated carbocycles. The third-order valence-corrected chi connectivity index (χ3v) is 2.25. The molecule has 3 heteroatoms. The first-order valence-corrected chi connectivity index (χ1v) is 4.85. The van der Waals surface area contributed by atoms with Gasteiger partial charge in [0.2, 0.25) is 0 Å². The largest absolute Gasteiger partial charge is 0.262 e. The van der Waals surface area contributed by atoms with E-state index in [1.807, 2.05) is 26.8 Å². The summed E-state index contributed by atoms with van der Waals surface area (Å²) in [5.41, 5.74) is 1.00. The highest BCUT2D eigenvalue weighted by molar-refractivity contribution is 7.18. The first-order chi connectivity index (χ1) is 5.86. The molecule has 0 spiro atoms. The molecule has 0 atom stereocenters. The molecule has 0 aromatic carbocycles. The number of thiazole rings is 1. The lowest BCUT2D eigenvalue weighted by atomic mass is 10.5. The van der Waals surface area contributed by atoms with Gasteiger partial charge in [0.05, 0.1) is 21.4 Å². The first-order valence-electron chi connectivity index (χ1n) is 4.03. The number of rotatable bonds is 0. The number of aryl methyl sites for hydroxylation is 1. The van der Waals surface area contributed by atoms with Gasteiger partial charge in [-0.2, -0.15) is 0 Å². The molecule has 0 aliphatic carbocycles. The van der Waals surface area contributed by atoms with Gasteiger partial charge in [0.1, 0.15) is 0 Å². The number of aromatic nitrogens is 2. The van der Waals surface area contributed by atoms with Crippen LogP contribution in [0.1, 0.15) is 18.9 Å². The van der Waals surface area contributed by atoms with Crippen molar-refractivity contribution in [1.82, 2.24) is 9.97 Å². The fourth-order valence-electron chi connectivity index (χ4n) is 0.895. The molecule has 0 aliphatic rings. The molecule has 0 N–H and O–H groups in total. The van der Waals surface area contributed by atoms with Gasteiger partial charge in [-0.15, -0.1) is 11.3 Å². The molecule has 0 radical (unpaired) electrons. The van der Waals surface area contributed by atoms with Crippen molar-refractivity contribution in [2.24, 2.45) is 0 Å². The topological polar surface area (TPSA) is 25.8 Å². The number of hydrogen-bond acceptors (Lipinski definition) is 3. The van der Waals surface area contributed by atoms with Crippen molar-refractivity contribution in [1.29, 1.82) is 0 Å². The van der Waals surface area contributed by atoms with Crippen LogP contribution in [0.4, 0.5) is 0 Å². The lowest BCUT2D eigenvalue weighted by Gasteiger charge is -1.80. The molecular formula is C9H12N2S. The number of fused-ring (bicyclic) bond motifs is 1. The van der Waals surface area contributed by atoms with Crippen molar-refractivity contribution in [3.63, 3.8) is 0 Å². The van der Waals surface area contributed by atoms with Gasteiger partial charge in [-0.25, -0.2) is 4.98 Å². The second-order valence-electron chi connectivity index (χ2n) is 2.08. The maximum Gasteiger partial charge on any atom is 0.0998 e. The highest BCUT2D eigenvalue weighted by atomic mass is 32.1. The molecule has 2 aromatic heterocycles. The molecule has 0 bridgehead atoms. The molecule has 2 rings (SSSR count). The second kappa shape index (κ2) is 4.16. The van der Waals surface area contributed by atoms with Crippen LogP contribution in [0, 0.1) is 6.92 Å². The van der Waals surface area contributed by atoms with Crippen molar-refractivity contribution in [2.75, 3.05) is 0 Å². The number of hydrogen-bond donors (Lipinski definition) is 0. The lowest BCUT2D eigenvalue weighted by molar-refractivity contribution is 1.30. The Bertz CT molecular complexity index is 321. The van der Waals surface area contributed by atoms with Gasteiger partial charge < -0.3 is 0 Å². The third kappa shape index (κ3) is 1.80. The van der Waals surface area contributed by atoms with Gasteiger partial charge in [-0.3, -0.25) is 4.98 Å². The summed E-state index contributed by atoms with van der Waals surface area (Å²) in [6.07, 6.45) is 3.58. The van der Waals surface area contributed by atoms with Crippen LogP contribution < -0.4 is 0 Å². The van der Waals surface area contributed by atoms with Gasteiger partial charge in [0, 0.05) is 6.20 Å². The van der Waals surface area contributed by atoms with Crippen molar-refractivity contribution in [3.8, 4) is 0 Å². The molecule has 0 aliphatic heterocycles. The Kier molecular flexibility index (Phi) is 3.17. The fraction of sp³-hybridized carbons (Fsp3) is 0.333. The Labute approximate surface area is 76.3 Å². The summed E-state index contributed by atoms with van der Waals surface area (Å²) < 4.78 is 1.22. The zero-order chi connectivity index (χ0) is 8.97. The Morgan fingerprint density at radius 3 is 2.75 bits per heavy atom. The highest BCUT2D eigenvalue weighted by Gasteiger charge is 1.96. The zero-order valence-corrected chi connectivity index (χ0v) is 8.35. The summed E-state index contributed by atoms with van der Waals surface area (Å²) >= 11 is 1.70. The Morgan fingerprint density at radius 1 is 1.33 bits per heavy atom. The van der Waals surface area contributed by atoms with Crippen LogP contribution in [0.25, 0.3) is 10.2 Å². The van der Waals surface area contributed by atoms with Gasteiger partial charge in [0.25, 0.3) is 0 Å². The van der Waals surface area contributed by atoms with Crippen LogP contribution >= 0.6 is 11.3 Å². The van der Waals surface area contributed by atoms with E-state index in [0.29, 0.717) is 0 Å². The van der Waals surface area contributed by atoms with E-state index < -0.39 is 0 Å². The smallest absolute Gasteiger partial charge is 0.0998 e. The Hall–Kier alpha value is -0.960. The molecule has 2 heterocycles. The standard InChI is InChI=1S/C7H6N2S.C2H6/c1-5-9-6-4-8-3-2-7(6)10-5;1-2/h2-4H,1H3;1-2H3. The van der Waals surface area contributed by atoms with Gasteiger partial charge in [-0.1, -0.05) is 13.8 Å². The van der Waals surface area contributed by atoms with E-state index in [1.54, 1.807) is 23.7 Å². The predicted octanol–water partition coefficient (Wildman–Crippen LogP) is 3.03. The maximum absolute atomic E-state index is 4.27. The number of nitrogens with zero attached hydrogens (tertiary/aromatic N) is 2. The summed E-state index contributed by atoms with van der Waals surface area (Å²) in [5.74, 6) is 0. The minimum atomic E-state index is 1.00. The molecule has 0 fully saturated rings. The number of pyridine rings is 1. The summed E-state index contributed by atoms with van der Waals surface area (Å²) in [5, 5.41) is 1.10. The third-order valence-electron chi connectivity index (χ3n) is 1.30. The summed E-state index contributed by atoms with van der Waals surface area (Å²) in [6.45, 7) is 6.00. The molecule has 2 nitrogen and oxygen atoms in total. The van der Waals surface area contributed by atoms with Gasteiger partial charge in [-0.05, 0) is 13.0 Å². The summed E-state index contributed by atoms with van der Waals surface area (Å²) in [4.78, 5) is 8.24.